The number of likely N-dealkylation sites (tertiary alicyclic amines) is 1. The minimum atomic E-state index is -0.288. The number of aromatic nitrogens is 1. The summed E-state index contributed by atoms with van der Waals surface area (Å²) in [6.45, 7) is 3.31. The second kappa shape index (κ2) is 8.21. The zero-order valence-corrected chi connectivity index (χ0v) is 14.4. The Kier molecular flexibility index (Phi) is 5.76. The molecule has 2 aromatic rings. The molecule has 1 aliphatic rings. The van der Waals surface area contributed by atoms with Crippen LogP contribution in [-0.2, 0) is 22.4 Å². The molecule has 1 aromatic carbocycles. The van der Waals surface area contributed by atoms with Crippen LogP contribution in [0.15, 0.2) is 48.8 Å². The first kappa shape index (κ1) is 17.5. The number of hydrogen-bond donors (Lipinski definition) is 0. The number of carbonyl (C=O) groups is 1. The van der Waals surface area contributed by atoms with Crippen LogP contribution >= 0.6 is 0 Å². The molecule has 0 saturated carbocycles. The third-order valence-corrected chi connectivity index (χ3v) is 4.65. The molecule has 0 unspecified atom stereocenters. The van der Waals surface area contributed by atoms with Gasteiger partial charge in [-0.1, -0.05) is 12.1 Å². The lowest BCUT2D eigenvalue weighted by atomic mass is 10.0. The monoisotopic (exact) mass is 342 g/mol. The van der Waals surface area contributed by atoms with E-state index in [4.69, 9.17) is 4.74 Å². The summed E-state index contributed by atoms with van der Waals surface area (Å²) in [4.78, 5) is 18.8. The molecule has 132 valence electrons. The number of hydrogen-bond acceptors (Lipinski definition) is 3. The van der Waals surface area contributed by atoms with Crippen molar-refractivity contribution in [1.29, 1.82) is 0 Å². The van der Waals surface area contributed by atoms with Crippen molar-refractivity contribution in [3.05, 3.63) is 65.7 Å². The first-order chi connectivity index (χ1) is 12.2. The van der Waals surface area contributed by atoms with E-state index < -0.39 is 0 Å². The van der Waals surface area contributed by atoms with E-state index in [0.29, 0.717) is 13.2 Å². The summed E-state index contributed by atoms with van der Waals surface area (Å²) in [6.07, 6.45) is 5.47. The van der Waals surface area contributed by atoms with Gasteiger partial charge < -0.3 is 9.64 Å². The van der Waals surface area contributed by atoms with Gasteiger partial charge in [0.1, 0.15) is 5.82 Å². The van der Waals surface area contributed by atoms with Crippen LogP contribution in [-0.4, -0.2) is 41.1 Å². The van der Waals surface area contributed by atoms with E-state index in [1.54, 1.807) is 24.5 Å². The number of halogens is 1. The molecule has 4 nitrogen and oxygen atoms in total. The van der Waals surface area contributed by atoms with Crippen molar-refractivity contribution in [3.8, 4) is 0 Å². The molecule has 1 fully saturated rings. The van der Waals surface area contributed by atoms with E-state index in [1.165, 1.54) is 12.1 Å². The van der Waals surface area contributed by atoms with Gasteiger partial charge in [-0.05, 0) is 55.2 Å². The fourth-order valence-electron chi connectivity index (χ4n) is 3.42. The van der Waals surface area contributed by atoms with E-state index >= 15 is 0 Å². The molecule has 1 aliphatic heterocycles. The van der Waals surface area contributed by atoms with Gasteiger partial charge in [-0.15, -0.1) is 0 Å². The minimum absolute atomic E-state index is 0.0234. The Hall–Kier alpha value is -2.27. The Labute approximate surface area is 147 Å². The lowest BCUT2D eigenvalue weighted by molar-refractivity contribution is -0.132. The number of benzene rings is 1. The Balaban J connectivity index is 1.73. The van der Waals surface area contributed by atoms with Crippen LogP contribution in [0.3, 0.4) is 0 Å². The number of amides is 1. The van der Waals surface area contributed by atoms with Crippen molar-refractivity contribution >= 4 is 5.91 Å². The SMILES string of the molecule is CCO[C@@H]1CCN(C(=O)Cc2ccc(F)cc2)[C@@H]1Cc1ccncc1. The van der Waals surface area contributed by atoms with Crippen molar-refractivity contribution in [2.75, 3.05) is 13.2 Å². The second-order valence-corrected chi connectivity index (χ2v) is 6.30. The Morgan fingerprint density at radius 1 is 1.20 bits per heavy atom. The second-order valence-electron chi connectivity index (χ2n) is 6.30. The van der Waals surface area contributed by atoms with Crippen LogP contribution < -0.4 is 0 Å². The number of pyridine rings is 1. The van der Waals surface area contributed by atoms with Gasteiger partial charge in [0, 0.05) is 25.5 Å². The molecule has 2 atom stereocenters. The molecule has 0 aliphatic carbocycles. The maximum atomic E-state index is 13.0. The van der Waals surface area contributed by atoms with Gasteiger partial charge in [-0.25, -0.2) is 4.39 Å². The normalized spacial score (nSPS) is 20.0. The van der Waals surface area contributed by atoms with Crippen LogP contribution in [0.4, 0.5) is 4.39 Å². The summed E-state index contributed by atoms with van der Waals surface area (Å²) in [5, 5.41) is 0. The summed E-state index contributed by atoms with van der Waals surface area (Å²) < 4.78 is 18.9. The third kappa shape index (κ3) is 4.42. The lowest BCUT2D eigenvalue weighted by Crippen LogP contribution is -2.42. The van der Waals surface area contributed by atoms with Crippen molar-refractivity contribution in [3.63, 3.8) is 0 Å². The molecule has 5 heteroatoms. The summed E-state index contributed by atoms with van der Waals surface area (Å²) in [6, 6.07) is 10.1. The van der Waals surface area contributed by atoms with E-state index in [2.05, 4.69) is 4.98 Å². The zero-order valence-electron chi connectivity index (χ0n) is 14.4. The largest absolute Gasteiger partial charge is 0.376 e. The summed E-state index contributed by atoms with van der Waals surface area (Å²) >= 11 is 0. The maximum Gasteiger partial charge on any atom is 0.227 e. The van der Waals surface area contributed by atoms with Crippen LogP contribution in [0.5, 0.6) is 0 Å². The Morgan fingerprint density at radius 3 is 2.60 bits per heavy atom. The van der Waals surface area contributed by atoms with Gasteiger partial charge >= 0.3 is 0 Å². The summed E-state index contributed by atoms with van der Waals surface area (Å²) in [5.41, 5.74) is 1.97. The average molecular weight is 342 g/mol. The summed E-state index contributed by atoms with van der Waals surface area (Å²) in [5.74, 6) is -0.225. The van der Waals surface area contributed by atoms with Crippen molar-refractivity contribution < 1.29 is 13.9 Å². The Bertz CT molecular complexity index is 691. The van der Waals surface area contributed by atoms with Crippen LogP contribution in [0.25, 0.3) is 0 Å². The summed E-state index contributed by atoms with van der Waals surface area (Å²) in [7, 11) is 0. The van der Waals surface area contributed by atoms with Gasteiger partial charge in [-0.3, -0.25) is 9.78 Å². The predicted octanol–water partition coefficient (Wildman–Crippen LogP) is 3.01. The molecule has 1 saturated heterocycles. The molecule has 0 N–H and O–H groups in total. The van der Waals surface area contributed by atoms with Crippen LogP contribution in [0.2, 0.25) is 0 Å². The maximum absolute atomic E-state index is 13.0. The average Bonchev–Trinajstić information content (AvgIpc) is 3.01. The molecule has 3 rings (SSSR count). The smallest absolute Gasteiger partial charge is 0.227 e. The lowest BCUT2D eigenvalue weighted by Gasteiger charge is -2.28. The molecule has 2 heterocycles. The van der Waals surface area contributed by atoms with E-state index in [0.717, 1.165) is 24.0 Å². The molecule has 1 amide bonds. The standard InChI is InChI=1S/C20H23FN2O2/c1-2-25-19-9-12-23(18(19)13-16-7-10-22-11-8-16)20(24)14-15-3-5-17(21)6-4-15/h3-8,10-11,18-19H,2,9,12-14H2,1H3/t18-,19-/m1/s1. The molecule has 25 heavy (non-hydrogen) atoms. The predicted molar refractivity (Wildman–Crippen MR) is 93.6 cm³/mol. The van der Waals surface area contributed by atoms with Gasteiger partial charge in [0.2, 0.25) is 5.91 Å². The van der Waals surface area contributed by atoms with Gasteiger partial charge in [0.15, 0.2) is 0 Å². The van der Waals surface area contributed by atoms with E-state index in [1.807, 2.05) is 24.0 Å². The third-order valence-electron chi connectivity index (χ3n) is 4.65. The van der Waals surface area contributed by atoms with E-state index in [-0.39, 0.29) is 30.3 Å². The van der Waals surface area contributed by atoms with Crippen molar-refractivity contribution in [2.45, 2.75) is 38.3 Å². The molecule has 0 spiro atoms. The minimum Gasteiger partial charge on any atom is -0.376 e. The zero-order chi connectivity index (χ0) is 17.6. The fraction of sp³-hybridized carbons (Fsp3) is 0.400. The first-order valence-electron chi connectivity index (χ1n) is 8.71. The number of ether oxygens (including phenoxy) is 1. The number of carbonyl (C=O) groups excluding carboxylic acids is 1. The van der Waals surface area contributed by atoms with Crippen molar-refractivity contribution in [1.82, 2.24) is 9.88 Å². The molecular formula is C20H23FN2O2. The van der Waals surface area contributed by atoms with E-state index in [9.17, 15) is 9.18 Å². The van der Waals surface area contributed by atoms with Gasteiger partial charge in [-0.2, -0.15) is 0 Å². The van der Waals surface area contributed by atoms with Crippen molar-refractivity contribution in [2.24, 2.45) is 0 Å². The highest BCUT2D eigenvalue weighted by Crippen LogP contribution is 2.25. The first-order valence-corrected chi connectivity index (χ1v) is 8.71. The quantitative estimate of drug-likeness (QED) is 0.810. The van der Waals surface area contributed by atoms with Crippen LogP contribution in [0.1, 0.15) is 24.5 Å². The van der Waals surface area contributed by atoms with Gasteiger partial charge in [0.25, 0.3) is 0 Å². The highest BCUT2D eigenvalue weighted by atomic mass is 19.1. The molecule has 0 bridgehead atoms. The fourth-order valence-corrected chi connectivity index (χ4v) is 3.42. The molecule has 1 aromatic heterocycles. The van der Waals surface area contributed by atoms with Gasteiger partial charge in [0.05, 0.1) is 18.6 Å². The Morgan fingerprint density at radius 2 is 1.92 bits per heavy atom. The highest BCUT2D eigenvalue weighted by Gasteiger charge is 2.37. The number of nitrogens with zero attached hydrogens (tertiary/aromatic N) is 2. The number of rotatable bonds is 6. The molecule has 0 radical (unpaired) electrons. The highest BCUT2D eigenvalue weighted by molar-refractivity contribution is 5.79. The van der Waals surface area contributed by atoms with Crippen LogP contribution in [0, 0.1) is 5.82 Å². The molecular weight excluding hydrogens is 319 g/mol. The topological polar surface area (TPSA) is 42.4 Å².